The van der Waals surface area contributed by atoms with Crippen molar-refractivity contribution in [3.05, 3.63) is 64.5 Å². The number of hydrogen-bond donors (Lipinski definition) is 0. The summed E-state index contributed by atoms with van der Waals surface area (Å²) in [6, 6.07) is 12.6. The molecule has 176 valence electrons. The van der Waals surface area contributed by atoms with Crippen molar-refractivity contribution in [1.82, 2.24) is 0 Å². The molecule has 5 heteroatoms. The van der Waals surface area contributed by atoms with Gasteiger partial charge in [-0.05, 0) is 30.5 Å². The van der Waals surface area contributed by atoms with Crippen molar-refractivity contribution in [2.45, 2.75) is 71.6 Å². The second-order valence-corrected chi connectivity index (χ2v) is 8.49. The van der Waals surface area contributed by atoms with Gasteiger partial charge in [-0.2, -0.15) is 0 Å². The van der Waals surface area contributed by atoms with Crippen LogP contribution < -0.4 is 10.2 Å². The zero-order chi connectivity index (χ0) is 23.5. The molecule has 0 aliphatic heterocycles. The summed E-state index contributed by atoms with van der Waals surface area (Å²) in [5.74, 6) is 0.299. The van der Waals surface area contributed by atoms with Gasteiger partial charge in [0, 0.05) is 6.07 Å². The van der Waals surface area contributed by atoms with Crippen LogP contribution in [0.25, 0.3) is 22.1 Å². The fourth-order valence-corrected chi connectivity index (χ4v) is 3.99. The Labute approximate surface area is 195 Å². The average Bonchev–Trinajstić information content (AvgIpc) is 2.81. The highest BCUT2D eigenvalue weighted by Crippen LogP contribution is 2.26. The normalized spacial score (nSPS) is 11.0. The summed E-state index contributed by atoms with van der Waals surface area (Å²) in [6.07, 6.45) is 11.5. The number of rotatable bonds is 12. The quantitative estimate of drug-likeness (QED) is 0.160. The Kier molecular flexibility index (Phi) is 9.55. The number of aryl methyl sites for hydroxylation is 1. The van der Waals surface area contributed by atoms with Crippen LogP contribution >= 0.6 is 0 Å². The Hall–Kier alpha value is -3.08. The molecule has 3 rings (SSSR count). The van der Waals surface area contributed by atoms with Crippen molar-refractivity contribution in [3.63, 3.8) is 0 Å². The van der Waals surface area contributed by atoms with Crippen LogP contribution in [-0.2, 0) is 4.74 Å². The molecular weight excluding hydrogens is 416 g/mol. The van der Waals surface area contributed by atoms with Crippen LogP contribution in [0, 0.1) is 6.92 Å². The van der Waals surface area contributed by atoms with E-state index in [2.05, 4.69) is 6.92 Å². The first-order valence-electron chi connectivity index (χ1n) is 12.1. The zero-order valence-corrected chi connectivity index (χ0v) is 19.7. The highest BCUT2D eigenvalue weighted by molar-refractivity contribution is 5.86. The minimum Gasteiger partial charge on any atom is -0.463 e. The standard InChI is InChI=1S/C28H34O5/c1-3-4-5-6-7-8-9-10-14-17-31-28(30)33-23-18-21(2)26-25(19-23)32-20-24(27(26)29)22-15-12-11-13-16-22/h11-13,15-16,18-20H,3-10,14,17H2,1-2H3. The topological polar surface area (TPSA) is 65.7 Å². The van der Waals surface area contributed by atoms with Gasteiger partial charge in [-0.15, -0.1) is 0 Å². The SMILES string of the molecule is CCCCCCCCCCCOC(=O)Oc1cc(C)c2c(=O)c(-c3ccccc3)coc2c1. The summed E-state index contributed by atoms with van der Waals surface area (Å²) in [7, 11) is 0. The molecule has 0 saturated heterocycles. The smallest absolute Gasteiger partial charge is 0.463 e. The van der Waals surface area contributed by atoms with E-state index in [9.17, 15) is 9.59 Å². The fraction of sp³-hybridized carbons (Fsp3) is 0.429. The van der Waals surface area contributed by atoms with Gasteiger partial charge in [0.15, 0.2) is 0 Å². The van der Waals surface area contributed by atoms with E-state index in [-0.39, 0.29) is 5.43 Å². The third kappa shape index (κ3) is 7.21. The van der Waals surface area contributed by atoms with Crippen molar-refractivity contribution >= 4 is 17.1 Å². The predicted molar refractivity (Wildman–Crippen MR) is 132 cm³/mol. The number of benzene rings is 2. The molecule has 0 N–H and O–H groups in total. The maximum absolute atomic E-state index is 13.0. The van der Waals surface area contributed by atoms with Crippen LogP contribution in [0.1, 0.15) is 70.3 Å². The van der Waals surface area contributed by atoms with Gasteiger partial charge in [-0.25, -0.2) is 4.79 Å². The minimum atomic E-state index is -0.739. The molecule has 0 spiro atoms. The summed E-state index contributed by atoms with van der Waals surface area (Å²) < 4.78 is 16.2. The van der Waals surface area contributed by atoms with Crippen LogP contribution in [0.15, 0.2) is 57.9 Å². The maximum atomic E-state index is 13.0. The molecule has 0 unspecified atom stereocenters. The second kappa shape index (κ2) is 12.8. The van der Waals surface area contributed by atoms with Gasteiger partial charge in [-0.3, -0.25) is 4.79 Å². The fourth-order valence-electron chi connectivity index (χ4n) is 3.99. The van der Waals surface area contributed by atoms with E-state index in [1.807, 2.05) is 30.3 Å². The molecule has 3 aromatic rings. The van der Waals surface area contributed by atoms with Crippen LogP contribution in [-0.4, -0.2) is 12.8 Å². The molecular formula is C28H34O5. The highest BCUT2D eigenvalue weighted by Gasteiger charge is 2.14. The molecule has 0 aliphatic rings. The van der Waals surface area contributed by atoms with Gasteiger partial charge in [-0.1, -0.05) is 88.6 Å². The molecule has 0 amide bonds. The molecule has 1 aromatic heterocycles. The largest absolute Gasteiger partial charge is 0.513 e. The summed E-state index contributed by atoms with van der Waals surface area (Å²) in [5, 5.41) is 0.478. The summed E-state index contributed by atoms with van der Waals surface area (Å²) in [4.78, 5) is 25.1. The van der Waals surface area contributed by atoms with E-state index in [0.29, 0.717) is 34.5 Å². The Morgan fingerprint density at radius 3 is 2.27 bits per heavy atom. The molecule has 0 bridgehead atoms. The second-order valence-electron chi connectivity index (χ2n) is 8.49. The van der Waals surface area contributed by atoms with E-state index in [1.165, 1.54) is 51.2 Å². The molecule has 33 heavy (non-hydrogen) atoms. The number of unbranched alkanes of at least 4 members (excludes halogenated alkanes) is 8. The highest BCUT2D eigenvalue weighted by atomic mass is 16.7. The third-order valence-corrected chi connectivity index (χ3v) is 5.80. The monoisotopic (exact) mass is 450 g/mol. The molecule has 0 atom stereocenters. The molecule has 1 heterocycles. The lowest BCUT2D eigenvalue weighted by Crippen LogP contribution is -2.12. The summed E-state index contributed by atoms with van der Waals surface area (Å²) in [5.41, 5.74) is 2.25. The van der Waals surface area contributed by atoms with Crippen molar-refractivity contribution in [2.75, 3.05) is 6.61 Å². The molecule has 5 nitrogen and oxygen atoms in total. The van der Waals surface area contributed by atoms with Crippen LogP contribution in [0.3, 0.4) is 0 Å². The van der Waals surface area contributed by atoms with Crippen LogP contribution in [0.2, 0.25) is 0 Å². The van der Waals surface area contributed by atoms with Gasteiger partial charge in [0.2, 0.25) is 5.43 Å². The van der Waals surface area contributed by atoms with Gasteiger partial charge in [0.1, 0.15) is 17.6 Å². The van der Waals surface area contributed by atoms with Crippen LogP contribution in [0.5, 0.6) is 5.75 Å². The summed E-state index contributed by atoms with van der Waals surface area (Å²) >= 11 is 0. The number of carbonyl (C=O) groups is 1. The number of hydrogen-bond acceptors (Lipinski definition) is 5. The Balaban J connectivity index is 1.50. The van der Waals surface area contributed by atoms with E-state index in [0.717, 1.165) is 18.4 Å². The van der Waals surface area contributed by atoms with Gasteiger partial charge < -0.3 is 13.9 Å². The van der Waals surface area contributed by atoms with E-state index < -0.39 is 6.16 Å². The molecule has 0 aliphatic carbocycles. The van der Waals surface area contributed by atoms with Crippen molar-refractivity contribution < 1.29 is 18.7 Å². The molecule has 0 saturated carbocycles. The third-order valence-electron chi connectivity index (χ3n) is 5.80. The molecule has 2 aromatic carbocycles. The maximum Gasteiger partial charge on any atom is 0.513 e. The lowest BCUT2D eigenvalue weighted by Gasteiger charge is -2.09. The lowest BCUT2D eigenvalue weighted by atomic mass is 10.0. The van der Waals surface area contributed by atoms with Crippen molar-refractivity contribution in [3.8, 4) is 16.9 Å². The first-order valence-corrected chi connectivity index (χ1v) is 12.1. The van der Waals surface area contributed by atoms with E-state index >= 15 is 0 Å². The summed E-state index contributed by atoms with van der Waals surface area (Å²) in [6.45, 7) is 4.37. The zero-order valence-electron chi connectivity index (χ0n) is 19.7. The van der Waals surface area contributed by atoms with E-state index in [1.54, 1.807) is 19.1 Å². The van der Waals surface area contributed by atoms with Crippen LogP contribution in [0.4, 0.5) is 4.79 Å². The number of ether oxygens (including phenoxy) is 2. The number of carbonyl (C=O) groups excluding carboxylic acids is 1. The van der Waals surface area contributed by atoms with Gasteiger partial charge >= 0.3 is 6.16 Å². The van der Waals surface area contributed by atoms with Gasteiger partial charge in [0.05, 0.1) is 17.6 Å². The Morgan fingerprint density at radius 1 is 0.909 bits per heavy atom. The van der Waals surface area contributed by atoms with Crippen molar-refractivity contribution in [2.24, 2.45) is 0 Å². The predicted octanol–water partition coefficient (Wildman–Crippen LogP) is 7.81. The van der Waals surface area contributed by atoms with E-state index in [4.69, 9.17) is 13.9 Å². The van der Waals surface area contributed by atoms with Gasteiger partial charge in [0.25, 0.3) is 0 Å². The lowest BCUT2D eigenvalue weighted by molar-refractivity contribution is 0.0973. The minimum absolute atomic E-state index is 0.112. The molecule has 0 fully saturated rings. The van der Waals surface area contributed by atoms with Crippen molar-refractivity contribution in [1.29, 1.82) is 0 Å². The first-order chi connectivity index (χ1) is 16.1. The molecule has 0 radical (unpaired) electrons. The first kappa shape index (κ1) is 24.6. The number of fused-ring (bicyclic) bond motifs is 1. The Bertz CT molecular complexity index is 1080. The Morgan fingerprint density at radius 2 is 1.58 bits per heavy atom. The average molecular weight is 451 g/mol.